The maximum atomic E-state index is 6.11. The van der Waals surface area contributed by atoms with Gasteiger partial charge in [-0.1, -0.05) is 18.6 Å². The Kier molecular flexibility index (Phi) is 4.81. The average molecular weight is 288 g/mol. The van der Waals surface area contributed by atoms with E-state index >= 15 is 0 Å². The minimum absolute atomic E-state index is 0.501. The third-order valence-corrected chi connectivity index (χ3v) is 4.90. The molecule has 1 aromatic rings. The monoisotopic (exact) mass is 288 g/mol. The summed E-state index contributed by atoms with van der Waals surface area (Å²) in [6.45, 7) is 4.78. The lowest BCUT2D eigenvalue weighted by molar-refractivity contribution is 0.149. The maximum Gasteiger partial charge on any atom is 0.119 e. The quantitative estimate of drug-likeness (QED) is 0.903. The van der Waals surface area contributed by atoms with Gasteiger partial charge in [-0.3, -0.25) is 4.90 Å². The summed E-state index contributed by atoms with van der Waals surface area (Å²) in [6.07, 6.45) is 6.63. The molecule has 0 aromatic heterocycles. The first-order valence-corrected chi connectivity index (χ1v) is 8.52. The van der Waals surface area contributed by atoms with Gasteiger partial charge in [0.1, 0.15) is 5.75 Å². The molecule has 3 nitrogen and oxygen atoms in total. The van der Waals surface area contributed by atoms with Gasteiger partial charge in [-0.2, -0.15) is 0 Å². The van der Waals surface area contributed by atoms with Crippen molar-refractivity contribution in [2.75, 3.05) is 19.7 Å². The first kappa shape index (κ1) is 14.9. The predicted octanol–water partition coefficient (Wildman–Crippen LogP) is 3.35. The van der Waals surface area contributed by atoms with Crippen LogP contribution in [0.15, 0.2) is 24.3 Å². The van der Waals surface area contributed by atoms with Crippen LogP contribution in [0.4, 0.5) is 0 Å². The number of nitrogens with two attached hydrogens (primary N) is 1. The second-order valence-electron chi connectivity index (χ2n) is 6.41. The van der Waals surface area contributed by atoms with E-state index in [1.807, 2.05) is 6.92 Å². The molecule has 1 heterocycles. The van der Waals surface area contributed by atoms with Crippen LogP contribution in [0.5, 0.6) is 5.75 Å². The first-order valence-electron chi connectivity index (χ1n) is 8.52. The van der Waals surface area contributed by atoms with Crippen LogP contribution >= 0.6 is 0 Å². The molecule has 0 spiro atoms. The normalized spacial score (nSPS) is 27.3. The van der Waals surface area contributed by atoms with Crippen molar-refractivity contribution in [2.24, 2.45) is 11.7 Å². The molecule has 1 saturated carbocycles. The molecule has 0 amide bonds. The third-order valence-electron chi connectivity index (χ3n) is 4.90. The summed E-state index contributed by atoms with van der Waals surface area (Å²) >= 11 is 0. The second-order valence-corrected chi connectivity index (χ2v) is 6.41. The van der Waals surface area contributed by atoms with Gasteiger partial charge in [-0.15, -0.1) is 0 Å². The topological polar surface area (TPSA) is 38.5 Å². The highest BCUT2D eigenvalue weighted by Gasteiger charge is 2.38. The lowest BCUT2D eigenvalue weighted by Crippen LogP contribution is -2.37. The summed E-state index contributed by atoms with van der Waals surface area (Å²) in [6, 6.07) is 10.0. The zero-order valence-corrected chi connectivity index (χ0v) is 13.1. The van der Waals surface area contributed by atoms with E-state index in [0.717, 1.165) is 24.9 Å². The summed E-state index contributed by atoms with van der Waals surface area (Å²) in [5.74, 6) is 1.56. The van der Waals surface area contributed by atoms with Crippen molar-refractivity contribution in [1.29, 1.82) is 0 Å². The SMILES string of the molecule is CCOc1ccc(C2C(CN)CCCCN2C2CC2)cc1. The van der Waals surface area contributed by atoms with Gasteiger partial charge in [0.15, 0.2) is 0 Å². The number of hydrogen-bond donors (Lipinski definition) is 1. The molecule has 0 bridgehead atoms. The molecule has 1 aliphatic heterocycles. The van der Waals surface area contributed by atoms with Crippen molar-refractivity contribution in [2.45, 2.75) is 51.1 Å². The maximum absolute atomic E-state index is 6.11. The Morgan fingerprint density at radius 1 is 1.14 bits per heavy atom. The molecular weight excluding hydrogens is 260 g/mol. The summed E-state index contributed by atoms with van der Waals surface area (Å²) in [4.78, 5) is 2.74. The molecule has 2 aliphatic rings. The minimum Gasteiger partial charge on any atom is -0.494 e. The zero-order chi connectivity index (χ0) is 14.7. The van der Waals surface area contributed by atoms with E-state index < -0.39 is 0 Å². The Balaban J connectivity index is 1.85. The fourth-order valence-corrected chi connectivity index (χ4v) is 3.72. The molecule has 2 N–H and O–H groups in total. The van der Waals surface area contributed by atoms with E-state index in [-0.39, 0.29) is 0 Å². The highest BCUT2D eigenvalue weighted by atomic mass is 16.5. The van der Waals surface area contributed by atoms with Crippen LogP contribution in [0.25, 0.3) is 0 Å². The fraction of sp³-hybridized carbons (Fsp3) is 0.667. The summed E-state index contributed by atoms with van der Waals surface area (Å²) < 4.78 is 5.57. The van der Waals surface area contributed by atoms with E-state index in [1.165, 1.54) is 44.2 Å². The van der Waals surface area contributed by atoms with Gasteiger partial charge in [0, 0.05) is 12.1 Å². The molecule has 116 valence electrons. The highest BCUT2D eigenvalue weighted by molar-refractivity contribution is 5.30. The molecular formula is C18H28N2O. The van der Waals surface area contributed by atoms with Crippen molar-refractivity contribution >= 4 is 0 Å². The molecule has 3 rings (SSSR count). The molecule has 1 saturated heterocycles. The second kappa shape index (κ2) is 6.80. The number of benzene rings is 1. The number of rotatable bonds is 5. The van der Waals surface area contributed by atoms with E-state index in [4.69, 9.17) is 10.5 Å². The third kappa shape index (κ3) is 3.41. The lowest BCUT2D eigenvalue weighted by atomic mass is 9.89. The van der Waals surface area contributed by atoms with Crippen molar-refractivity contribution in [1.82, 2.24) is 4.90 Å². The van der Waals surface area contributed by atoms with Gasteiger partial charge in [-0.05, 0) is 69.3 Å². The van der Waals surface area contributed by atoms with Crippen molar-refractivity contribution < 1.29 is 4.74 Å². The van der Waals surface area contributed by atoms with Gasteiger partial charge in [-0.25, -0.2) is 0 Å². The van der Waals surface area contributed by atoms with Crippen molar-refractivity contribution in [3.8, 4) is 5.75 Å². The first-order chi connectivity index (χ1) is 10.3. The number of nitrogens with zero attached hydrogens (tertiary/aromatic N) is 1. The smallest absolute Gasteiger partial charge is 0.119 e. The van der Waals surface area contributed by atoms with E-state index in [2.05, 4.69) is 29.2 Å². The molecule has 3 heteroatoms. The Bertz CT molecular complexity index is 441. The van der Waals surface area contributed by atoms with Crippen molar-refractivity contribution in [3.05, 3.63) is 29.8 Å². The Morgan fingerprint density at radius 3 is 2.52 bits per heavy atom. The Hall–Kier alpha value is -1.06. The molecule has 2 fully saturated rings. The van der Waals surface area contributed by atoms with Gasteiger partial charge >= 0.3 is 0 Å². The summed E-state index contributed by atoms with van der Waals surface area (Å²) in [5, 5.41) is 0. The van der Waals surface area contributed by atoms with Gasteiger partial charge in [0.2, 0.25) is 0 Å². The van der Waals surface area contributed by atoms with Crippen LogP contribution in [0.1, 0.15) is 50.6 Å². The van der Waals surface area contributed by atoms with Gasteiger partial charge in [0.05, 0.1) is 6.61 Å². The van der Waals surface area contributed by atoms with Gasteiger partial charge in [0.25, 0.3) is 0 Å². The Morgan fingerprint density at radius 2 is 1.90 bits per heavy atom. The number of likely N-dealkylation sites (tertiary alicyclic amines) is 1. The largest absolute Gasteiger partial charge is 0.494 e. The average Bonchev–Trinajstić information content (AvgIpc) is 3.34. The van der Waals surface area contributed by atoms with Crippen LogP contribution in [-0.4, -0.2) is 30.6 Å². The van der Waals surface area contributed by atoms with Crippen LogP contribution in [-0.2, 0) is 0 Å². The lowest BCUT2D eigenvalue weighted by Gasteiger charge is -2.35. The highest BCUT2D eigenvalue weighted by Crippen LogP contribution is 2.41. The molecule has 0 radical (unpaired) electrons. The molecule has 21 heavy (non-hydrogen) atoms. The Labute approximate surface area is 128 Å². The van der Waals surface area contributed by atoms with Crippen LogP contribution in [0.3, 0.4) is 0 Å². The van der Waals surface area contributed by atoms with Crippen LogP contribution in [0.2, 0.25) is 0 Å². The summed E-state index contributed by atoms with van der Waals surface area (Å²) in [5.41, 5.74) is 7.53. The van der Waals surface area contributed by atoms with Crippen LogP contribution < -0.4 is 10.5 Å². The minimum atomic E-state index is 0.501. The zero-order valence-electron chi connectivity index (χ0n) is 13.1. The molecule has 1 aliphatic carbocycles. The van der Waals surface area contributed by atoms with E-state index in [1.54, 1.807) is 0 Å². The summed E-state index contributed by atoms with van der Waals surface area (Å²) in [7, 11) is 0. The molecule has 2 atom stereocenters. The molecule has 1 aromatic carbocycles. The van der Waals surface area contributed by atoms with Crippen molar-refractivity contribution in [3.63, 3.8) is 0 Å². The van der Waals surface area contributed by atoms with E-state index in [9.17, 15) is 0 Å². The van der Waals surface area contributed by atoms with Gasteiger partial charge < -0.3 is 10.5 Å². The fourth-order valence-electron chi connectivity index (χ4n) is 3.72. The molecule has 2 unspecified atom stereocenters. The number of hydrogen-bond acceptors (Lipinski definition) is 3. The number of ether oxygens (including phenoxy) is 1. The van der Waals surface area contributed by atoms with E-state index in [0.29, 0.717) is 12.0 Å². The van der Waals surface area contributed by atoms with Crippen LogP contribution in [0, 0.1) is 5.92 Å². The predicted molar refractivity (Wildman–Crippen MR) is 86.5 cm³/mol. The standard InChI is InChI=1S/C18H28N2O/c1-2-21-17-10-6-14(7-11-17)18-15(13-19)5-3-4-12-20(18)16-8-9-16/h6-7,10-11,15-16,18H,2-5,8-9,12-13,19H2,1H3.